The average Bonchev–Trinajstić information content (AvgIpc) is 2.83. The fourth-order valence-electron chi connectivity index (χ4n) is 1.11. The number of thiazole rings is 1. The Kier molecular flexibility index (Phi) is 3.50. The van der Waals surface area contributed by atoms with E-state index in [1.807, 2.05) is 5.38 Å². The number of aromatic nitrogens is 2. The molecule has 2 aromatic rings. The van der Waals surface area contributed by atoms with Crippen molar-refractivity contribution in [2.45, 2.75) is 0 Å². The van der Waals surface area contributed by atoms with Gasteiger partial charge in [-0.3, -0.25) is 14.8 Å². The minimum Gasteiger partial charge on any atom is -0.290 e. The fourth-order valence-corrected chi connectivity index (χ4v) is 1.63. The van der Waals surface area contributed by atoms with Gasteiger partial charge in [0, 0.05) is 17.8 Å². The van der Waals surface area contributed by atoms with Crippen molar-refractivity contribution in [3.63, 3.8) is 0 Å². The molecule has 0 amide bonds. The van der Waals surface area contributed by atoms with Gasteiger partial charge in [-0.1, -0.05) is 6.07 Å². The first-order valence-electron chi connectivity index (χ1n) is 4.70. The van der Waals surface area contributed by atoms with E-state index < -0.39 is 0 Å². The minimum atomic E-state index is -0.0894. The van der Waals surface area contributed by atoms with Crippen LogP contribution in [0.3, 0.4) is 0 Å². The third kappa shape index (κ3) is 2.80. The zero-order chi connectivity index (χ0) is 11.2. The lowest BCUT2D eigenvalue weighted by Crippen LogP contribution is -2.05. The van der Waals surface area contributed by atoms with E-state index in [1.165, 1.54) is 11.3 Å². The molecule has 0 aliphatic heterocycles. The molecule has 0 aliphatic carbocycles. The molecule has 5 heteroatoms. The maximum absolute atomic E-state index is 11.6. The zero-order valence-corrected chi connectivity index (χ0v) is 9.22. The number of Topliss-reactive ketones (excluding diaryl/α,β-unsaturated/α-hetero) is 1. The zero-order valence-electron chi connectivity index (χ0n) is 8.41. The van der Waals surface area contributed by atoms with Crippen molar-refractivity contribution in [2.75, 3.05) is 6.54 Å². The topological polar surface area (TPSA) is 55.2 Å². The molecule has 80 valence electrons. The normalized spacial score (nSPS) is 10.8. The number of carbonyl (C=O) groups is 1. The van der Waals surface area contributed by atoms with Gasteiger partial charge in [0.1, 0.15) is 17.2 Å². The van der Waals surface area contributed by atoms with Crippen LogP contribution in [0.4, 0.5) is 0 Å². The van der Waals surface area contributed by atoms with Crippen molar-refractivity contribution >= 4 is 23.3 Å². The van der Waals surface area contributed by atoms with Crippen molar-refractivity contribution in [3.05, 3.63) is 46.7 Å². The highest BCUT2D eigenvalue weighted by molar-refractivity contribution is 7.11. The van der Waals surface area contributed by atoms with Crippen molar-refractivity contribution < 1.29 is 4.79 Å². The molecule has 0 unspecified atom stereocenters. The van der Waals surface area contributed by atoms with Crippen LogP contribution in [0.1, 0.15) is 15.5 Å². The van der Waals surface area contributed by atoms with Gasteiger partial charge in [-0.25, -0.2) is 4.98 Å². The second-order valence-electron chi connectivity index (χ2n) is 2.98. The van der Waals surface area contributed by atoms with Crippen LogP contribution in [-0.2, 0) is 0 Å². The number of nitrogens with zero attached hydrogens (tertiary/aromatic N) is 3. The Balaban J connectivity index is 1.94. The summed E-state index contributed by atoms with van der Waals surface area (Å²) in [7, 11) is 0. The molecule has 0 aliphatic rings. The molecular weight excluding hydrogens is 222 g/mol. The molecule has 0 spiro atoms. The Morgan fingerprint density at radius 3 is 3.00 bits per heavy atom. The number of hydrogen-bond donors (Lipinski definition) is 0. The Morgan fingerprint density at radius 1 is 1.38 bits per heavy atom. The molecular formula is C11H9N3OS. The first kappa shape index (κ1) is 10.6. The molecule has 0 fully saturated rings. The van der Waals surface area contributed by atoms with Gasteiger partial charge >= 0.3 is 0 Å². The van der Waals surface area contributed by atoms with E-state index in [0.29, 0.717) is 5.69 Å². The predicted octanol–water partition coefficient (Wildman–Crippen LogP) is 1.84. The Bertz CT molecular complexity index is 479. The Hall–Kier alpha value is -1.88. The van der Waals surface area contributed by atoms with Gasteiger partial charge in [-0.15, -0.1) is 11.3 Å². The third-order valence-corrected chi connectivity index (χ3v) is 2.55. The lowest BCUT2D eigenvalue weighted by Gasteiger charge is -1.94. The molecule has 2 rings (SSSR count). The monoisotopic (exact) mass is 231 g/mol. The van der Waals surface area contributed by atoms with Gasteiger partial charge in [0.25, 0.3) is 0 Å². The largest absolute Gasteiger partial charge is 0.290 e. The molecule has 16 heavy (non-hydrogen) atoms. The minimum absolute atomic E-state index is 0.0894. The van der Waals surface area contributed by atoms with E-state index in [0.717, 1.165) is 5.01 Å². The highest BCUT2D eigenvalue weighted by Gasteiger charge is 2.04. The molecule has 0 atom stereocenters. The second kappa shape index (κ2) is 5.27. The summed E-state index contributed by atoms with van der Waals surface area (Å²) in [6.07, 6.45) is 4.90. The lowest BCUT2D eigenvalue weighted by molar-refractivity contribution is 0.0997. The molecule has 2 aromatic heterocycles. The summed E-state index contributed by atoms with van der Waals surface area (Å²) in [5.41, 5.74) is 0.443. The smallest absolute Gasteiger partial charge is 0.202 e. The van der Waals surface area contributed by atoms with Crippen LogP contribution in [0.2, 0.25) is 0 Å². The van der Waals surface area contributed by atoms with Gasteiger partial charge < -0.3 is 0 Å². The van der Waals surface area contributed by atoms with Crippen LogP contribution in [0.5, 0.6) is 0 Å². The van der Waals surface area contributed by atoms with Crippen LogP contribution in [-0.4, -0.2) is 28.5 Å². The van der Waals surface area contributed by atoms with Crippen molar-refractivity contribution in [1.82, 2.24) is 9.97 Å². The first-order valence-corrected chi connectivity index (χ1v) is 5.58. The highest BCUT2D eigenvalue weighted by atomic mass is 32.1. The van der Waals surface area contributed by atoms with Crippen molar-refractivity contribution in [1.29, 1.82) is 0 Å². The number of pyridine rings is 1. The number of ketones is 1. The molecule has 0 radical (unpaired) electrons. The Labute approximate surface area is 96.7 Å². The molecule has 0 saturated carbocycles. The first-order chi connectivity index (χ1) is 7.86. The summed E-state index contributed by atoms with van der Waals surface area (Å²) in [5.74, 6) is -0.0894. The van der Waals surface area contributed by atoms with Crippen LogP contribution >= 0.6 is 11.3 Å². The van der Waals surface area contributed by atoms with Gasteiger partial charge in [0.05, 0.1) is 6.21 Å². The van der Waals surface area contributed by atoms with E-state index in [-0.39, 0.29) is 12.3 Å². The van der Waals surface area contributed by atoms with E-state index >= 15 is 0 Å². The maximum Gasteiger partial charge on any atom is 0.202 e. The van der Waals surface area contributed by atoms with Crippen LogP contribution in [0.25, 0.3) is 0 Å². The van der Waals surface area contributed by atoms with E-state index in [1.54, 1.807) is 36.8 Å². The lowest BCUT2D eigenvalue weighted by atomic mass is 10.2. The van der Waals surface area contributed by atoms with Gasteiger partial charge in [0.2, 0.25) is 5.78 Å². The Morgan fingerprint density at radius 2 is 2.31 bits per heavy atom. The van der Waals surface area contributed by atoms with E-state index in [4.69, 9.17) is 0 Å². The predicted molar refractivity (Wildman–Crippen MR) is 63.1 cm³/mol. The second-order valence-corrected chi connectivity index (χ2v) is 3.90. The highest BCUT2D eigenvalue weighted by Crippen LogP contribution is 2.00. The van der Waals surface area contributed by atoms with Gasteiger partial charge in [0.15, 0.2) is 0 Å². The quantitative estimate of drug-likeness (QED) is 0.596. The molecule has 2 heterocycles. The summed E-state index contributed by atoms with van der Waals surface area (Å²) >= 11 is 1.48. The maximum atomic E-state index is 11.6. The van der Waals surface area contributed by atoms with E-state index in [9.17, 15) is 4.79 Å². The average molecular weight is 231 g/mol. The summed E-state index contributed by atoms with van der Waals surface area (Å²) < 4.78 is 0. The summed E-state index contributed by atoms with van der Waals surface area (Å²) in [4.78, 5) is 23.6. The SMILES string of the molecule is O=C(CN=Cc1nccs1)c1ccccn1. The third-order valence-electron chi connectivity index (χ3n) is 1.84. The molecule has 0 saturated heterocycles. The molecule has 0 N–H and O–H groups in total. The fraction of sp³-hybridized carbons (Fsp3) is 0.0909. The number of carbonyl (C=O) groups excluding carboxylic acids is 1. The number of hydrogen-bond acceptors (Lipinski definition) is 5. The van der Waals surface area contributed by atoms with Crippen LogP contribution in [0.15, 0.2) is 41.0 Å². The van der Waals surface area contributed by atoms with Crippen LogP contribution < -0.4 is 0 Å². The number of rotatable bonds is 4. The van der Waals surface area contributed by atoms with Gasteiger partial charge in [-0.05, 0) is 12.1 Å². The summed E-state index contributed by atoms with van der Waals surface area (Å²) in [5, 5.41) is 2.66. The molecule has 0 bridgehead atoms. The van der Waals surface area contributed by atoms with E-state index in [2.05, 4.69) is 15.0 Å². The summed E-state index contributed by atoms with van der Waals surface area (Å²) in [6.45, 7) is 0.108. The van der Waals surface area contributed by atoms with Crippen molar-refractivity contribution in [3.8, 4) is 0 Å². The standard InChI is InChI=1S/C11H9N3OS/c15-10(9-3-1-2-4-13-9)7-12-8-11-14-5-6-16-11/h1-6,8H,7H2. The van der Waals surface area contributed by atoms with Gasteiger partial charge in [-0.2, -0.15) is 0 Å². The van der Waals surface area contributed by atoms with Crippen LogP contribution in [0, 0.1) is 0 Å². The van der Waals surface area contributed by atoms with Crippen molar-refractivity contribution in [2.24, 2.45) is 4.99 Å². The number of aliphatic imine (C=N–C) groups is 1. The summed E-state index contributed by atoms with van der Waals surface area (Å²) in [6, 6.07) is 5.24. The molecule has 0 aromatic carbocycles. The molecule has 4 nitrogen and oxygen atoms in total.